The molecule has 6 nitrogen and oxygen atoms in total. The lowest BCUT2D eigenvalue weighted by atomic mass is 9.81. The summed E-state index contributed by atoms with van der Waals surface area (Å²) in [5.41, 5.74) is 4.00. The van der Waals surface area contributed by atoms with E-state index in [9.17, 15) is 0 Å². The SMILES string of the molecule is OB(O)c1ccccc1.c1cncc(-c2cccc3c2OCC[C@H]2CNCCN32)c1. The molecule has 1 fully saturated rings. The molecular formula is C23H26BN3O3. The zero-order chi connectivity index (χ0) is 20.8. The zero-order valence-electron chi connectivity index (χ0n) is 16.8. The molecule has 0 spiro atoms. The van der Waals surface area contributed by atoms with Crippen LogP contribution in [0.25, 0.3) is 11.1 Å². The van der Waals surface area contributed by atoms with E-state index in [1.807, 2.05) is 18.3 Å². The van der Waals surface area contributed by atoms with Crippen LogP contribution in [0, 0.1) is 0 Å². The van der Waals surface area contributed by atoms with Crippen LogP contribution in [0.2, 0.25) is 0 Å². The molecule has 3 aromatic rings. The van der Waals surface area contributed by atoms with E-state index in [0.717, 1.165) is 49.5 Å². The van der Waals surface area contributed by atoms with Gasteiger partial charge in [-0.25, -0.2) is 0 Å². The second kappa shape index (κ2) is 9.76. The Hall–Kier alpha value is -2.87. The third-order valence-electron chi connectivity index (χ3n) is 5.42. The maximum atomic E-state index is 8.58. The summed E-state index contributed by atoms with van der Waals surface area (Å²) in [5, 5.41) is 20.6. The van der Waals surface area contributed by atoms with Crippen LogP contribution in [-0.2, 0) is 0 Å². The van der Waals surface area contributed by atoms with Crippen LogP contribution in [0.4, 0.5) is 5.69 Å². The van der Waals surface area contributed by atoms with Gasteiger partial charge >= 0.3 is 7.12 Å². The first-order chi connectivity index (χ1) is 14.7. The Bertz CT molecular complexity index is 941. The highest BCUT2D eigenvalue weighted by Crippen LogP contribution is 2.41. The molecule has 0 radical (unpaired) electrons. The molecule has 7 heteroatoms. The first kappa shape index (κ1) is 20.4. The van der Waals surface area contributed by atoms with Crippen molar-refractivity contribution in [1.29, 1.82) is 0 Å². The van der Waals surface area contributed by atoms with Crippen molar-refractivity contribution in [3.05, 3.63) is 73.1 Å². The number of benzene rings is 2. The molecule has 5 rings (SSSR count). The molecule has 1 atom stereocenters. The number of anilines is 1. The number of piperazine rings is 1. The minimum Gasteiger partial charge on any atom is -0.491 e. The molecule has 2 aromatic carbocycles. The molecule has 3 N–H and O–H groups in total. The fraction of sp³-hybridized carbons (Fsp3) is 0.261. The minimum absolute atomic E-state index is 0.525. The highest BCUT2D eigenvalue weighted by molar-refractivity contribution is 6.58. The third kappa shape index (κ3) is 4.65. The largest absolute Gasteiger partial charge is 0.491 e. The van der Waals surface area contributed by atoms with Crippen LogP contribution in [0.15, 0.2) is 73.1 Å². The van der Waals surface area contributed by atoms with E-state index >= 15 is 0 Å². The first-order valence-corrected chi connectivity index (χ1v) is 10.3. The molecule has 0 bridgehead atoms. The highest BCUT2D eigenvalue weighted by atomic mass is 16.5. The van der Waals surface area contributed by atoms with E-state index in [1.54, 1.807) is 30.5 Å². The summed E-state index contributed by atoms with van der Waals surface area (Å²) in [6.07, 6.45) is 4.77. The average molecular weight is 403 g/mol. The van der Waals surface area contributed by atoms with Gasteiger partial charge in [-0.05, 0) is 17.6 Å². The number of para-hydroxylation sites is 1. The summed E-state index contributed by atoms with van der Waals surface area (Å²) in [6, 6.07) is 19.7. The third-order valence-corrected chi connectivity index (χ3v) is 5.42. The molecule has 154 valence electrons. The fourth-order valence-electron chi connectivity index (χ4n) is 3.91. The normalized spacial score (nSPS) is 17.4. The Labute approximate surface area is 177 Å². The summed E-state index contributed by atoms with van der Waals surface area (Å²) in [5.74, 6) is 1.01. The van der Waals surface area contributed by atoms with Crippen molar-refractivity contribution in [2.75, 3.05) is 31.1 Å². The number of hydrogen-bond donors (Lipinski definition) is 3. The lowest BCUT2D eigenvalue weighted by molar-refractivity contribution is 0.305. The van der Waals surface area contributed by atoms with Gasteiger partial charge in [0.15, 0.2) is 0 Å². The summed E-state index contributed by atoms with van der Waals surface area (Å²) < 4.78 is 6.13. The number of rotatable bonds is 2. The Kier molecular flexibility index (Phi) is 6.64. The molecule has 30 heavy (non-hydrogen) atoms. The Morgan fingerprint density at radius 1 is 1.03 bits per heavy atom. The molecule has 1 aromatic heterocycles. The minimum atomic E-state index is -1.34. The molecular weight excluding hydrogens is 377 g/mol. The maximum absolute atomic E-state index is 8.58. The molecule has 1 saturated heterocycles. The Morgan fingerprint density at radius 3 is 2.63 bits per heavy atom. The summed E-state index contributed by atoms with van der Waals surface area (Å²) in [7, 11) is -1.34. The van der Waals surface area contributed by atoms with Crippen LogP contribution in [0.3, 0.4) is 0 Å². The van der Waals surface area contributed by atoms with Crippen LogP contribution in [0.1, 0.15) is 6.42 Å². The fourth-order valence-corrected chi connectivity index (χ4v) is 3.91. The zero-order valence-corrected chi connectivity index (χ0v) is 16.8. The van der Waals surface area contributed by atoms with E-state index in [-0.39, 0.29) is 0 Å². The van der Waals surface area contributed by atoms with Crippen molar-refractivity contribution >= 4 is 18.3 Å². The van der Waals surface area contributed by atoms with Crippen LogP contribution in [0.5, 0.6) is 5.75 Å². The van der Waals surface area contributed by atoms with Gasteiger partial charge in [0.2, 0.25) is 0 Å². The van der Waals surface area contributed by atoms with Crippen molar-refractivity contribution in [1.82, 2.24) is 10.3 Å². The number of aromatic nitrogens is 1. The van der Waals surface area contributed by atoms with Crippen LogP contribution in [-0.4, -0.2) is 54.4 Å². The van der Waals surface area contributed by atoms with E-state index in [4.69, 9.17) is 14.8 Å². The summed E-state index contributed by atoms with van der Waals surface area (Å²) >= 11 is 0. The predicted octanol–water partition coefficient (Wildman–Crippen LogP) is 1.68. The van der Waals surface area contributed by atoms with Gasteiger partial charge in [0.25, 0.3) is 0 Å². The van der Waals surface area contributed by atoms with Gasteiger partial charge in [-0.15, -0.1) is 0 Å². The van der Waals surface area contributed by atoms with Gasteiger partial charge < -0.3 is 25.0 Å². The van der Waals surface area contributed by atoms with Gasteiger partial charge in [0.05, 0.1) is 12.3 Å². The maximum Gasteiger partial charge on any atom is 0.488 e. The highest BCUT2D eigenvalue weighted by Gasteiger charge is 2.28. The van der Waals surface area contributed by atoms with Gasteiger partial charge in [-0.3, -0.25) is 4.98 Å². The molecule has 0 unspecified atom stereocenters. The Balaban J connectivity index is 0.000000204. The quantitative estimate of drug-likeness (QED) is 0.566. The average Bonchev–Trinajstić information content (AvgIpc) is 3.00. The molecule has 0 aliphatic carbocycles. The van der Waals surface area contributed by atoms with Crippen molar-refractivity contribution < 1.29 is 14.8 Å². The van der Waals surface area contributed by atoms with E-state index in [0.29, 0.717) is 11.5 Å². The molecule has 3 heterocycles. The van der Waals surface area contributed by atoms with Crippen LogP contribution >= 0.6 is 0 Å². The lowest BCUT2D eigenvalue weighted by Crippen LogP contribution is -2.51. The van der Waals surface area contributed by atoms with Gasteiger partial charge in [-0.2, -0.15) is 0 Å². The molecule has 0 saturated carbocycles. The molecule has 2 aliphatic heterocycles. The number of fused-ring (bicyclic) bond motifs is 3. The van der Waals surface area contributed by atoms with Gasteiger partial charge in [-0.1, -0.05) is 48.5 Å². The Morgan fingerprint density at radius 2 is 1.90 bits per heavy atom. The standard InChI is InChI=1S/C17H19N3O.C6H7BO2/c1-4-15(13-3-2-7-18-11-13)17-16(5-1)20-9-8-19-12-14(20)6-10-21-17;8-7(9)6-4-2-1-3-5-6/h1-5,7,11,14,19H,6,8-10,12H2;1-5,8-9H/t14-;/m0./s1. The summed E-state index contributed by atoms with van der Waals surface area (Å²) in [4.78, 5) is 6.73. The predicted molar refractivity (Wildman–Crippen MR) is 120 cm³/mol. The number of pyridine rings is 1. The van der Waals surface area contributed by atoms with Crippen molar-refractivity contribution in [2.45, 2.75) is 12.5 Å². The first-order valence-electron chi connectivity index (χ1n) is 10.3. The monoisotopic (exact) mass is 403 g/mol. The van der Waals surface area contributed by atoms with Gasteiger partial charge in [0, 0.05) is 55.6 Å². The number of ether oxygens (including phenoxy) is 1. The van der Waals surface area contributed by atoms with E-state index < -0.39 is 7.12 Å². The second-order valence-corrected chi connectivity index (χ2v) is 7.37. The van der Waals surface area contributed by atoms with Crippen LogP contribution < -0.4 is 20.4 Å². The smallest absolute Gasteiger partial charge is 0.488 e. The molecule has 2 aliphatic rings. The number of nitrogens with zero attached hydrogens (tertiary/aromatic N) is 2. The lowest BCUT2D eigenvalue weighted by Gasteiger charge is -2.36. The van der Waals surface area contributed by atoms with Gasteiger partial charge in [0.1, 0.15) is 5.75 Å². The second-order valence-electron chi connectivity index (χ2n) is 7.37. The number of hydrogen-bond acceptors (Lipinski definition) is 6. The topological polar surface area (TPSA) is 77.8 Å². The van der Waals surface area contributed by atoms with E-state index in [2.05, 4.69) is 39.5 Å². The number of nitrogens with one attached hydrogen (secondary N) is 1. The van der Waals surface area contributed by atoms with Crippen molar-refractivity contribution in [2.24, 2.45) is 0 Å². The van der Waals surface area contributed by atoms with Crippen molar-refractivity contribution in [3.63, 3.8) is 0 Å². The summed E-state index contributed by atoms with van der Waals surface area (Å²) in [6.45, 7) is 3.89. The van der Waals surface area contributed by atoms with Crippen molar-refractivity contribution in [3.8, 4) is 16.9 Å². The molecule has 0 amide bonds. The van der Waals surface area contributed by atoms with E-state index in [1.165, 1.54) is 5.69 Å².